The number of aliphatic hydroxyl groups is 1. The number of benzene rings is 3. The van der Waals surface area contributed by atoms with Gasteiger partial charge in [-0.2, -0.15) is 13.2 Å². The lowest BCUT2D eigenvalue weighted by molar-refractivity contribution is -0.137. The summed E-state index contributed by atoms with van der Waals surface area (Å²) in [7, 11) is 0. The van der Waals surface area contributed by atoms with Crippen molar-refractivity contribution in [2.75, 3.05) is 6.61 Å². The number of nitrogens with zero attached hydrogens (tertiary/aromatic N) is 1. The predicted octanol–water partition coefficient (Wildman–Crippen LogP) is 5.90. The highest BCUT2D eigenvalue weighted by atomic mass is 19.4. The van der Waals surface area contributed by atoms with E-state index in [1.807, 2.05) is 12.1 Å². The zero-order chi connectivity index (χ0) is 24.1. The van der Waals surface area contributed by atoms with Crippen LogP contribution in [0.1, 0.15) is 34.1 Å². The largest absolute Gasteiger partial charge is 0.457 e. The predicted molar refractivity (Wildman–Crippen MR) is 122 cm³/mol. The average molecular weight is 466 g/mol. The molecule has 4 aromatic rings. The first-order valence-corrected chi connectivity index (χ1v) is 10.6. The molecule has 0 aliphatic rings. The molecule has 34 heavy (non-hydrogen) atoms. The van der Waals surface area contributed by atoms with Crippen LogP contribution < -0.4 is 10.1 Å². The standard InChI is InChI=1S/C26H21F3N2O3/c27-26(28,29)19-8-10-20(11-9-19)34-24-6-3-4-17-16-18(7-12-21(17)24)25(33)31-23(13-15-32)22-5-1-2-14-30-22/h1-12,14,16,23,32H,13,15H2,(H,31,33)/t23-/m0/s1. The number of ether oxygens (including phenoxy) is 1. The average Bonchev–Trinajstić information content (AvgIpc) is 2.84. The van der Waals surface area contributed by atoms with Crippen LogP contribution in [0.3, 0.4) is 0 Å². The highest BCUT2D eigenvalue weighted by molar-refractivity contribution is 6.00. The molecule has 1 heterocycles. The van der Waals surface area contributed by atoms with Crippen LogP contribution >= 0.6 is 0 Å². The number of pyridine rings is 1. The highest BCUT2D eigenvalue weighted by Crippen LogP contribution is 2.34. The Morgan fingerprint density at radius 1 is 1.00 bits per heavy atom. The molecule has 0 unspecified atom stereocenters. The summed E-state index contributed by atoms with van der Waals surface area (Å²) < 4.78 is 44.2. The molecule has 0 aliphatic heterocycles. The van der Waals surface area contributed by atoms with Gasteiger partial charge in [0.05, 0.1) is 17.3 Å². The Morgan fingerprint density at radius 3 is 2.47 bits per heavy atom. The van der Waals surface area contributed by atoms with E-state index in [1.165, 1.54) is 12.1 Å². The molecule has 174 valence electrons. The quantitative estimate of drug-likeness (QED) is 0.356. The lowest BCUT2D eigenvalue weighted by Gasteiger charge is -2.17. The molecule has 0 fully saturated rings. The van der Waals surface area contributed by atoms with E-state index in [1.54, 1.807) is 48.7 Å². The smallest absolute Gasteiger partial charge is 0.416 e. The molecule has 8 heteroatoms. The molecule has 4 rings (SSSR count). The van der Waals surface area contributed by atoms with Gasteiger partial charge in [0, 0.05) is 23.8 Å². The van der Waals surface area contributed by atoms with Crippen LogP contribution in [0.15, 0.2) is 85.1 Å². The number of aromatic nitrogens is 1. The van der Waals surface area contributed by atoms with Crippen LogP contribution in [-0.2, 0) is 6.18 Å². The maximum Gasteiger partial charge on any atom is 0.416 e. The normalized spacial score (nSPS) is 12.4. The molecule has 0 spiro atoms. The van der Waals surface area contributed by atoms with Gasteiger partial charge in [-0.1, -0.05) is 18.2 Å². The van der Waals surface area contributed by atoms with Crippen molar-refractivity contribution in [3.8, 4) is 11.5 Å². The lowest BCUT2D eigenvalue weighted by Crippen LogP contribution is -2.29. The van der Waals surface area contributed by atoms with Gasteiger partial charge >= 0.3 is 6.18 Å². The number of alkyl halides is 3. The van der Waals surface area contributed by atoms with E-state index in [9.17, 15) is 23.1 Å². The number of nitrogens with one attached hydrogen (secondary N) is 1. The zero-order valence-electron chi connectivity index (χ0n) is 17.9. The van der Waals surface area contributed by atoms with Crippen molar-refractivity contribution in [3.05, 3.63) is 102 Å². The number of carbonyl (C=O) groups excluding carboxylic acids is 1. The maximum absolute atomic E-state index is 12.9. The van der Waals surface area contributed by atoms with Gasteiger partial charge in [-0.05, 0) is 72.5 Å². The van der Waals surface area contributed by atoms with Crippen molar-refractivity contribution in [2.24, 2.45) is 0 Å². The second kappa shape index (κ2) is 9.93. The summed E-state index contributed by atoms with van der Waals surface area (Å²) in [5.41, 5.74) is 0.314. The van der Waals surface area contributed by atoms with Crippen molar-refractivity contribution in [2.45, 2.75) is 18.6 Å². The van der Waals surface area contributed by atoms with Crippen molar-refractivity contribution in [1.82, 2.24) is 10.3 Å². The molecule has 1 atom stereocenters. The van der Waals surface area contributed by atoms with Gasteiger partial charge in [-0.25, -0.2) is 0 Å². The van der Waals surface area contributed by atoms with Gasteiger partial charge < -0.3 is 15.2 Å². The van der Waals surface area contributed by atoms with Gasteiger partial charge in [-0.15, -0.1) is 0 Å². The first-order valence-electron chi connectivity index (χ1n) is 10.6. The second-order valence-corrected chi connectivity index (χ2v) is 7.61. The Morgan fingerprint density at radius 2 is 1.79 bits per heavy atom. The minimum Gasteiger partial charge on any atom is -0.457 e. The van der Waals surface area contributed by atoms with E-state index in [0.29, 0.717) is 28.8 Å². The van der Waals surface area contributed by atoms with E-state index < -0.39 is 17.8 Å². The molecular weight excluding hydrogens is 445 g/mol. The van der Waals surface area contributed by atoms with Crippen LogP contribution in [0.25, 0.3) is 10.8 Å². The molecule has 0 radical (unpaired) electrons. The van der Waals surface area contributed by atoms with Gasteiger partial charge in [0.2, 0.25) is 0 Å². The molecule has 1 aromatic heterocycles. The third kappa shape index (κ3) is 5.35. The van der Waals surface area contributed by atoms with E-state index >= 15 is 0 Å². The van der Waals surface area contributed by atoms with Crippen LogP contribution in [-0.4, -0.2) is 22.6 Å². The Balaban J connectivity index is 1.55. The number of fused-ring (bicyclic) bond motifs is 1. The third-order valence-corrected chi connectivity index (χ3v) is 5.28. The number of hydrogen-bond donors (Lipinski definition) is 2. The number of rotatable bonds is 7. The lowest BCUT2D eigenvalue weighted by atomic mass is 10.0. The van der Waals surface area contributed by atoms with Crippen LogP contribution in [0.2, 0.25) is 0 Å². The van der Waals surface area contributed by atoms with Crippen LogP contribution in [0.4, 0.5) is 13.2 Å². The fraction of sp³-hybridized carbons (Fsp3) is 0.154. The van der Waals surface area contributed by atoms with Gasteiger partial charge in [0.15, 0.2) is 0 Å². The maximum atomic E-state index is 12.9. The summed E-state index contributed by atoms with van der Waals surface area (Å²) in [5.74, 6) is 0.403. The van der Waals surface area contributed by atoms with Gasteiger partial charge in [0.25, 0.3) is 5.91 Å². The van der Waals surface area contributed by atoms with E-state index in [0.717, 1.165) is 17.5 Å². The number of hydrogen-bond acceptors (Lipinski definition) is 4. The highest BCUT2D eigenvalue weighted by Gasteiger charge is 2.30. The molecule has 3 aromatic carbocycles. The van der Waals surface area contributed by atoms with Gasteiger partial charge in [-0.3, -0.25) is 9.78 Å². The number of aliphatic hydroxyl groups excluding tert-OH is 1. The molecule has 1 amide bonds. The minimum absolute atomic E-state index is 0.107. The third-order valence-electron chi connectivity index (χ3n) is 5.28. The van der Waals surface area contributed by atoms with Crippen LogP contribution in [0, 0.1) is 0 Å². The fourth-order valence-corrected chi connectivity index (χ4v) is 3.57. The molecule has 0 saturated heterocycles. The monoisotopic (exact) mass is 466 g/mol. The summed E-state index contributed by atoms with van der Waals surface area (Å²) >= 11 is 0. The summed E-state index contributed by atoms with van der Waals surface area (Å²) in [4.78, 5) is 17.2. The Hall–Kier alpha value is -3.91. The summed E-state index contributed by atoms with van der Waals surface area (Å²) in [6.45, 7) is -0.107. The molecular formula is C26H21F3N2O3. The van der Waals surface area contributed by atoms with Crippen LogP contribution in [0.5, 0.6) is 11.5 Å². The zero-order valence-corrected chi connectivity index (χ0v) is 17.9. The Labute approximate surface area is 193 Å². The molecule has 2 N–H and O–H groups in total. The first kappa shape index (κ1) is 23.3. The summed E-state index contributed by atoms with van der Waals surface area (Å²) in [6, 6.07) is 19.7. The van der Waals surface area contributed by atoms with Crippen molar-refractivity contribution < 1.29 is 27.8 Å². The van der Waals surface area contributed by atoms with Gasteiger partial charge in [0.1, 0.15) is 11.5 Å². The van der Waals surface area contributed by atoms with E-state index in [4.69, 9.17) is 4.74 Å². The molecule has 0 bridgehead atoms. The Bertz CT molecular complexity index is 1280. The topological polar surface area (TPSA) is 71.5 Å². The van der Waals surface area contributed by atoms with Crippen molar-refractivity contribution in [3.63, 3.8) is 0 Å². The first-order chi connectivity index (χ1) is 16.3. The number of amides is 1. The molecule has 0 aliphatic carbocycles. The molecule has 5 nitrogen and oxygen atoms in total. The summed E-state index contributed by atoms with van der Waals surface area (Å²) in [6.07, 6.45) is -2.47. The number of halogens is 3. The minimum atomic E-state index is -4.41. The molecule has 0 saturated carbocycles. The SMILES string of the molecule is O=C(N[C@@H](CCO)c1ccccn1)c1ccc2c(Oc3ccc(C(F)(F)F)cc3)cccc2c1. The van der Waals surface area contributed by atoms with Crippen molar-refractivity contribution in [1.29, 1.82) is 0 Å². The Kier molecular flexibility index (Phi) is 6.79. The van der Waals surface area contributed by atoms with E-state index in [2.05, 4.69) is 10.3 Å². The van der Waals surface area contributed by atoms with Crippen molar-refractivity contribution >= 4 is 16.7 Å². The second-order valence-electron chi connectivity index (χ2n) is 7.61. The number of carbonyl (C=O) groups is 1. The van der Waals surface area contributed by atoms with E-state index in [-0.39, 0.29) is 18.3 Å². The summed E-state index contributed by atoms with van der Waals surface area (Å²) in [5, 5.41) is 13.7. The fourth-order valence-electron chi connectivity index (χ4n) is 3.57.